The maximum Gasteiger partial charge on any atom is 0.253 e. The second-order valence-electron chi connectivity index (χ2n) is 4.85. The van der Waals surface area contributed by atoms with E-state index in [0.29, 0.717) is 11.3 Å². The minimum absolute atomic E-state index is 0.0579. The number of amides is 2. The average molecular weight is 261 g/mol. The molecule has 0 spiro atoms. The summed E-state index contributed by atoms with van der Waals surface area (Å²) >= 11 is 0. The van der Waals surface area contributed by atoms with Gasteiger partial charge in [-0.25, -0.2) is 0 Å². The predicted molar refractivity (Wildman–Crippen MR) is 73.9 cm³/mol. The summed E-state index contributed by atoms with van der Waals surface area (Å²) in [7, 11) is 0. The zero-order valence-electron chi connectivity index (χ0n) is 11.1. The van der Waals surface area contributed by atoms with E-state index in [1.807, 2.05) is 4.90 Å². The highest BCUT2D eigenvalue weighted by Crippen LogP contribution is 2.15. The van der Waals surface area contributed by atoms with Crippen LogP contribution >= 0.6 is 0 Å². The van der Waals surface area contributed by atoms with Gasteiger partial charge in [-0.2, -0.15) is 0 Å². The first-order valence-electron chi connectivity index (χ1n) is 6.54. The molecule has 102 valence electrons. The van der Waals surface area contributed by atoms with E-state index in [2.05, 4.69) is 5.32 Å². The molecule has 0 aliphatic carbocycles. The van der Waals surface area contributed by atoms with Crippen LogP contribution in [-0.2, 0) is 4.79 Å². The second-order valence-corrected chi connectivity index (χ2v) is 4.85. The standard InChI is InChI=1S/C14H19N3O2/c1-10(15)13(18)16-12-6-4-11(5-7-12)14(19)17-8-2-3-9-17/h4-7,10H,2-3,8-9,15H2,1H3,(H,16,18)/t10-/m1/s1. The zero-order chi connectivity index (χ0) is 13.8. The third-order valence-electron chi connectivity index (χ3n) is 3.21. The molecule has 1 fully saturated rings. The van der Waals surface area contributed by atoms with Crippen LogP contribution in [0.1, 0.15) is 30.1 Å². The molecule has 2 amide bonds. The Morgan fingerprint density at radius 1 is 1.21 bits per heavy atom. The van der Waals surface area contributed by atoms with E-state index in [0.717, 1.165) is 25.9 Å². The predicted octanol–water partition coefficient (Wildman–Crippen LogP) is 1.21. The number of carbonyl (C=O) groups excluding carboxylic acids is 2. The maximum atomic E-state index is 12.1. The second kappa shape index (κ2) is 5.84. The van der Waals surface area contributed by atoms with Gasteiger partial charge in [-0.05, 0) is 44.0 Å². The topological polar surface area (TPSA) is 75.4 Å². The van der Waals surface area contributed by atoms with Crippen LogP contribution in [0.25, 0.3) is 0 Å². The van der Waals surface area contributed by atoms with Crippen LogP contribution in [0, 0.1) is 0 Å². The van der Waals surface area contributed by atoms with Gasteiger partial charge in [0, 0.05) is 24.3 Å². The number of hydrogen-bond acceptors (Lipinski definition) is 3. The molecular formula is C14H19N3O2. The Balaban J connectivity index is 2.01. The van der Waals surface area contributed by atoms with Crippen molar-refractivity contribution < 1.29 is 9.59 Å². The van der Waals surface area contributed by atoms with Crippen molar-refractivity contribution in [3.05, 3.63) is 29.8 Å². The molecule has 1 atom stereocenters. The van der Waals surface area contributed by atoms with Crippen LogP contribution in [0.2, 0.25) is 0 Å². The lowest BCUT2D eigenvalue weighted by Gasteiger charge is -2.15. The number of hydrogen-bond donors (Lipinski definition) is 2. The molecule has 19 heavy (non-hydrogen) atoms. The summed E-state index contributed by atoms with van der Waals surface area (Å²) in [6.45, 7) is 3.30. The van der Waals surface area contributed by atoms with E-state index in [9.17, 15) is 9.59 Å². The summed E-state index contributed by atoms with van der Waals surface area (Å²) in [6, 6.07) is 6.37. The number of nitrogens with one attached hydrogen (secondary N) is 1. The highest BCUT2D eigenvalue weighted by Gasteiger charge is 2.19. The normalized spacial score (nSPS) is 16.2. The number of anilines is 1. The van der Waals surface area contributed by atoms with Crippen molar-refractivity contribution in [2.45, 2.75) is 25.8 Å². The van der Waals surface area contributed by atoms with Gasteiger partial charge >= 0.3 is 0 Å². The first-order chi connectivity index (χ1) is 9.08. The third-order valence-corrected chi connectivity index (χ3v) is 3.21. The fraction of sp³-hybridized carbons (Fsp3) is 0.429. The number of nitrogens with two attached hydrogens (primary N) is 1. The van der Waals surface area contributed by atoms with E-state index in [4.69, 9.17) is 5.73 Å². The molecule has 0 radical (unpaired) electrons. The molecule has 0 saturated carbocycles. The van der Waals surface area contributed by atoms with Crippen molar-refractivity contribution in [3.8, 4) is 0 Å². The van der Waals surface area contributed by atoms with Gasteiger partial charge in [0.05, 0.1) is 6.04 Å². The Labute approximate surface area is 112 Å². The SMILES string of the molecule is C[C@@H](N)C(=O)Nc1ccc(C(=O)N2CCCC2)cc1. The van der Waals surface area contributed by atoms with Gasteiger partial charge in [0.25, 0.3) is 5.91 Å². The summed E-state index contributed by atoms with van der Waals surface area (Å²) in [6.07, 6.45) is 2.16. The molecule has 1 heterocycles. The van der Waals surface area contributed by atoms with Crippen LogP contribution in [0.4, 0.5) is 5.69 Å². The van der Waals surface area contributed by atoms with Crippen molar-refractivity contribution in [1.29, 1.82) is 0 Å². The first kappa shape index (κ1) is 13.5. The Hall–Kier alpha value is -1.88. The van der Waals surface area contributed by atoms with Gasteiger partial charge in [-0.15, -0.1) is 0 Å². The molecule has 2 rings (SSSR count). The molecule has 5 heteroatoms. The van der Waals surface area contributed by atoms with Gasteiger partial charge < -0.3 is 16.0 Å². The zero-order valence-corrected chi connectivity index (χ0v) is 11.1. The molecule has 0 bridgehead atoms. The monoisotopic (exact) mass is 261 g/mol. The summed E-state index contributed by atoms with van der Waals surface area (Å²) in [5.41, 5.74) is 6.78. The lowest BCUT2D eigenvalue weighted by molar-refractivity contribution is -0.117. The quantitative estimate of drug-likeness (QED) is 0.858. The summed E-state index contributed by atoms with van der Waals surface area (Å²) in [4.78, 5) is 25.4. The Morgan fingerprint density at radius 2 is 1.79 bits per heavy atom. The minimum atomic E-state index is -0.550. The van der Waals surface area contributed by atoms with E-state index in [-0.39, 0.29) is 11.8 Å². The van der Waals surface area contributed by atoms with Gasteiger partial charge in [0.2, 0.25) is 5.91 Å². The van der Waals surface area contributed by atoms with Crippen molar-refractivity contribution in [2.24, 2.45) is 5.73 Å². The molecular weight excluding hydrogens is 242 g/mol. The fourth-order valence-electron chi connectivity index (χ4n) is 2.06. The van der Waals surface area contributed by atoms with Crippen LogP contribution in [0.5, 0.6) is 0 Å². The largest absolute Gasteiger partial charge is 0.339 e. The Kier molecular flexibility index (Phi) is 4.16. The van der Waals surface area contributed by atoms with Crippen LogP contribution in [-0.4, -0.2) is 35.8 Å². The summed E-state index contributed by atoms with van der Waals surface area (Å²) < 4.78 is 0. The van der Waals surface area contributed by atoms with E-state index in [1.165, 1.54) is 0 Å². The smallest absolute Gasteiger partial charge is 0.253 e. The molecule has 1 aliphatic heterocycles. The van der Waals surface area contributed by atoms with Gasteiger partial charge in [0.1, 0.15) is 0 Å². The highest BCUT2D eigenvalue weighted by atomic mass is 16.2. The first-order valence-corrected chi connectivity index (χ1v) is 6.54. The molecule has 1 saturated heterocycles. The van der Waals surface area contributed by atoms with E-state index < -0.39 is 6.04 Å². The molecule has 1 aliphatic rings. The number of likely N-dealkylation sites (tertiary alicyclic amines) is 1. The molecule has 0 unspecified atom stereocenters. The summed E-state index contributed by atoms with van der Waals surface area (Å²) in [5, 5.41) is 2.69. The molecule has 1 aromatic rings. The molecule has 5 nitrogen and oxygen atoms in total. The molecule has 0 aromatic heterocycles. The van der Waals surface area contributed by atoms with Gasteiger partial charge in [-0.1, -0.05) is 0 Å². The maximum absolute atomic E-state index is 12.1. The summed E-state index contributed by atoms with van der Waals surface area (Å²) in [5.74, 6) is -0.179. The number of nitrogens with zero attached hydrogens (tertiary/aromatic N) is 1. The Bertz CT molecular complexity index is 462. The van der Waals surface area contributed by atoms with Crippen molar-refractivity contribution in [2.75, 3.05) is 18.4 Å². The van der Waals surface area contributed by atoms with Crippen LogP contribution < -0.4 is 11.1 Å². The average Bonchev–Trinajstić information content (AvgIpc) is 2.92. The van der Waals surface area contributed by atoms with E-state index in [1.54, 1.807) is 31.2 Å². The molecule has 1 aromatic carbocycles. The number of rotatable bonds is 3. The van der Waals surface area contributed by atoms with Crippen molar-refractivity contribution >= 4 is 17.5 Å². The van der Waals surface area contributed by atoms with Gasteiger partial charge in [-0.3, -0.25) is 9.59 Å². The lowest BCUT2D eigenvalue weighted by Crippen LogP contribution is -2.32. The third kappa shape index (κ3) is 3.32. The van der Waals surface area contributed by atoms with Crippen LogP contribution in [0.3, 0.4) is 0 Å². The van der Waals surface area contributed by atoms with Crippen molar-refractivity contribution in [1.82, 2.24) is 4.90 Å². The Morgan fingerprint density at radius 3 is 2.32 bits per heavy atom. The van der Waals surface area contributed by atoms with E-state index >= 15 is 0 Å². The van der Waals surface area contributed by atoms with Crippen molar-refractivity contribution in [3.63, 3.8) is 0 Å². The number of carbonyl (C=O) groups is 2. The van der Waals surface area contributed by atoms with Crippen LogP contribution in [0.15, 0.2) is 24.3 Å². The highest BCUT2D eigenvalue weighted by molar-refractivity contribution is 5.97. The lowest BCUT2D eigenvalue weighted by atomic mass is 10.2. The fourth-order valence-corrected chi connectivity index (χ4v) is 2.06. The van der Waals surface area contributed by atoms with Gasteiger partial charge in [0.15, 0.2) is 0 Å². The molecule has 3 N–H and O–H groups in total. The minimum Gasteiger partial charge on any atom is -0.339 e. The number of benzene rings is 1.